The average Bonchev–Trinajstić information content (AvgIpc) is 2.35. The Labute approximate surface area is 121 Å². The van der Waals surface area contributed by atoms with Crippen molar-refractivity contribution in [2.45, 2.75) is 25.5 Å². The van der Waals surface area contributed by atoms with Crippen LogP contribution in [0.2, 0.25) is 0 Å². The molecule has 110 valence electrons. The summed E-state index contributed by atoms with van der Waals surface area (Å²) in [5, 5.41) is 11.3. The highest BCUT2D eigenvalue weighted by Crippen LogP contribution is 2.36. The van der Waals surface area contributed by atoms with Gasteiger partial charge in [-0.05, 0) is 20.8 Å². The van der Waals surface area contributed by atoms with Gasteiger partial charge in [-0.25, -0.2) is 10.8 Å². The normalized spacial score (nSPS) is 17.9. The fourth-order valence-corrected chi connectivity index (χ4v) is 3.36. The van der Waals surface area contributed by atoms with E-state index in [2.05, 4.69) is 29.2 Å². The van der Waals surface area contributed by atoms with E-state index in [9.17, 15) is 10.1 Å². The molecule has 1 aromatic rings. The lowest BCUT2D eigenvalue weighted by molar-refractivity contribution is -0.385. The maximum Gasteiger partial charge on any atom is 0.332 e. The number of aromatic nitrogens is 2. The summed E-state index contributed by atoms with van der Waals surface area (Å²) in [5.74, 6) is 6.76. The second-order valence-electron chi connectivity index (χ2n) is 5.24. The molecule has 1 aliphatic rings. The van der Waals surface area contributed by atoms with Crippen LogP contribution in [0.1, 0.15) is 19.5 Å². The van der Waals surface area contributed by atoms with Gasteiger partial charge in [0.2, 0.25) is 11.8 Å². The molecule has 0 atom stereocenters. The minimum atomic E-state index is -0.431. The molecule has 0 spiro atoms. The molecule has 1 aliphatic heterocycles. The second-order valence-corrected chi connectivity index (χ2v) is 7.04. The van der Waals surface area contributed by atoms with E-state index in [1.165, 1.54) is 0 Å². The summed E-state index contributed by atoms with van der Waals surface area (Å²) in [5.41, 5.74) is 2.62. The topological polar surface area (TPSA) is 110 Å². The van der Waals surface area contributed by atoms with Gasteiger partial charge in [0, 0.05) is 23.6 Å². The molecule has 9 heteroatoms. The smallest absolute Gasteiger partial charge is 0.332 e. The Morgan fingerprint density at radius 3 is 2.75 bits per heavy atom. The highest BCUT2D eigenvalue weighted by molar-refractivity contribution is 8.00. The highest BCUT2D eigenvalue weighted by Gasteiger charge is 2.33. The number of aryl methyl sites for hydroxylation is 1. The van der Waals surface area contributed by atoms with Crippen LogP contribution in [0.4, 0.5) is 17.5 Å². The molecule has 1 aromatic heterocycles. The molecule has 1 saturated heterocycles. The van der Waals surface area contributed by atoms with E-state index in [0.717, 1.165) is 12.3 Å². The zero-order valence-corrected chi connectivity index (χ0v) is 12.5. The molecule has 0 bridgehead atoms. The third-order valence-electron chi connectivity index (χ3n) is 3.08. The molecule has 3 N–H and O–H groups in total. The minimum absolute atomic E-state index is 0.0290. The quantitative estimate of drug-likeness (QED) is 0.488. The maximum atomic E-state index is 11.3. The Morgan fingerprint density at radius 2 is 2.20 bits per heavy atom. The summed E-state index contributed by atoms with van der Waals surface area (Å²) in [6.07, 6.45) is 0. The molecule has 8 nitrogen and oxygen atoms in total. The lowest BCUT2D eigenvalue weighted by Gasteiger charge is -2.37. The number of nitrogens with one attached hydrogen (secondary N) is 1. The van der Waals surface area contributed by atoms with Crippen molar-refractivity contribution >= 4 is 29.2 Å². The lowest BCUT2D eigenvalue weighted by atomic mass is 10.2. The first-order valence-corrected chi connectivity index (χ1v) is 7.21. The lowest BCUT2D eigenvalue weighted by Crippen LogP contribution is -2.44. The molecular weight excluding hydrogens is 280 g/mol. The van der Waals surface area contributed by atoms with Gasteiger partial charge in [0.15, 0.2) is 0 Å². The van der Waals surface area contributed by atoms with Gasteiger partial charge < -0.3 is 4.90 Å². The number of hydrazine groups is 1. The van der Waals surface area contributed by atoms with E-state index >= 15 is 0 Å². The van der Waals surface area contributed by atoms with Crippen molar-refractivity contribution in [3.63, 3.8) is 0 Å². The van der Waals surface area contributed by atoms with Crippen molar-refractivity contribution in [1.29, 1.82) is 0 Å². The minimum Gasteiger partial charge on any atom is -0.349 e. The standard InChI is InChI=1S/C11H18N6O2S/c1-7-8(17(18)19)9(14-10(13-7)15-12)16-4-5-20-11(2,3)6-16/h4-6,12H2,1-3H3,(H,13,14,15). The van der Waals surface area contributed by atoms with Gasteiger partial charge in [0.25, 0.3) is 0 Å². The molecule has 1 fully saturated rings. The van der Waals surface area contributed by atoms with Gasteiger partial charge >= 0.3 is 5.69 Å². The van der Waals surface area contributed by atoms with Gasteiger partial charge in [0.05, 0.1) is 4.92 Å². The summed E-state index contributed by atoms with van der Waals surface area (Å²) in [6.45, 7) is 7.24. The van der Waals surface area contributed by atoms with Gasteiger partial charge in [-0.3, -0.25) is 15.5 Å². The van der Waals surface area contributed by atoms with Crippen LogP contribution in [0.15, 0.2) is 0 Å². The number of thioether (sulfide) groups is 1. The Hall–Kier alpha value is -1.61. The van der Waals surface area contributed by atoms with Crippen molar-refractivity contribution in [1.82, 2.24) is 9.97 Å². The SMILES string of the molecule is Cc1nc(NN)nc(N2CCSC(C)(C)C2)c1[N+](=O)[O-]. The zero-order chi connectivity index (χ0) is 14.9. The van der Waals surface area contributed by atoms with Crippen molar-refractivity contribution < 1.29 is 4.92 Å². The zero-order valence-electron chi connectivity index (χ0n) is 11.7. The number of hydrogen-bond donors (Lipinski definition) is 2. The fraction of sp³-hybridized carbons (Fsp3) is 0.636. The third-order valence-corrected chi connectivity index (χ3v) is 4.37. The van der Waals surface area contributed by atoms with Gasteiger partial charge in [-0.1, -0.05) is 0 Å². The number of nitrogens with two attached hydrogens (primary N) is 1. The third kappa shape index (κ3) is 2.93. The first-order chi connectivity index (χ1) is 9.34. The van der Waals surface area contributed by atoms with Gasteiger partial charge in [-0.15, -0.1) is 0 Å². The molecule has 0 aromatic carbocycles. The molecule has 2 heterocycles. The summed E-state index contributed by atoms with van der Waals surface area (Å²) in [4.78, 5) is 21.0. The van der Waals surface area contributed by atoms with Crippen LogP contribution in [0.3, 0.4) is 0 Å². The number of rotatable bonds is 3. The molecule has 2 rings (SSSR count). The van der Waals surface area contributed by atoms with Crippen LogP contribution >= 0.6 is 11.8 Å². The van der Waals surface area contributed by atoms with Crippen molar-refractivity contribution in [2.24, 2.45) is 5.84 Å². The molecule has 0 saturated carbocycles. The molecular formula is C11H18N6O2S. The van der Waals surface area contributed by atoms with Crippen LogP contribution < -0.4 is 16.2 Å². The Morgan fingerprint density at radius 1 is 1.50 bits per heavy atom. The number of nitrogen functional groups attached to an aromatic ring is 1. The van der Waals surface area contributed by atoms with E-state index in [0.29, 0.717) is 18.1 Å². The van der Waals surface area contributed by atoms with Crippen LogP contribution in [0, 0.1) is 17.0 Å². The van der Waals surface area contributed by atoms with Crippen molar-refractivity contribution in [2.75, 3.05) is 29.2 Å². The summed E-state index contributed by atoms with van der Waals surface area (Å²) >= 11 is 1.85. The van der Waals surface area contributed by atoms with E-state index < -0.39 is 4.92 Å². The number of hydrogen-bond acceptors (Lipinski definition) is 8. The van der Waals surface area contributed by atoms with Gasteiger partial charge in [0.1, 0.15) is 5.69 Å². The summed E-state index contributed by atoms with van der Waals surface area (Å²) in [6, 6.07) is 0. The van der Waals surface area contributed by atoms with Crippen molar-refractivity contribution in [3.8, 4) is 0 Å². The van der Waals surface area contributed by atoms with Crippen LogP contribution in [-0.2, 0) is 0 Å². The highest BCUT2D eigenvalue weighted by atomic mass is 32.2. The first-order valence-electron chi connectivity index (χ1n) is 6.22. The summed E-state index contributed by atoms with van der Waals surface area (Å²) < 4.78 is 0.0290. The van der Waals surface area contributed by atoms with Crippen molar-refractivity contribution in [3.05, 3.63) is 15.8 Å². The fourth-order valence-electron chi connectivity index (χ4n) is 2.25. The molecule has 0 radical (unpaired) electrons. The van der Waals surface area contributed by atoms with E-state index in [-0.39, 0.29) is 16.4 Å². The predicted molar refractivity (Wildman–Crippen MR) is 80.0 cm³/mol. The van der Waals surface area contributed by atoms with Crippen LogP contribution in [0.25, 0.3) is 0 Å². The molecule has 20 heavy (non-hydrogen) atoms. The Kier molecular flexibility index (Phi) is 4.00. The monoisotopic (exact) mass is 298 g/mol. The van der Waals surface area contributed by atoms with E-state index in [1.54, 1.807) is 6.92 Å². The molecule has 0 amide bonds. The number of anilines is 2. The predicted octanol–water partition coefficient (Wildman–Crippen LogP) is 1.31. The summed E-state index contributed by atoms with van der Waals surface area (Å²) in [7, 11) is 0. The Balaban J connectivity index is 2.48. The van der Waals surface area contributed by atoms with Crippen LogP contribution in [0.5, 0.6) is 0 Å². The second kappa shape index (κ2) is 5.41. The number of nitro groups is 1. The van der Waals surface area contributed by atoms with Gasteiger partial charge in [-0.2, -0.15) is 16.7 Å². The average molecular weight is 298 g/mol. The largest absolute Gasteiger partial charge is 0.349 e. The molecule has 0 unspecified atom stereocenters. The first kappa shape index (κ1) is 14.8. The maximum absolute atomic E-state index is 11.3. The van der Waals surface area contributed by atoms with E-state index in [1.807, 2.05) is 16.7 Å². The number of nitrogens with zero attached hydrogens (tertiary/aromatic N) is 4. The Bertz CT molecular complexity index is 536. The molecule has 0 aliphatic carbocycles. The van der Waals surface area contributed by atoms with Crippen LogP contribution in [-0.4, -0.2) is 38.5 Å². The van der Waals surface area contributed by atoms with E-state index in [4.69, 9.17) is 5.84 Å².